The van der Waals surface area contributed by atoms with E-state index in [-0.39, 0.29) is 0 Å². The van der Waals surface area contributed by atoms with Crippen molar-refractivity contribution in [1.82, 2.24) is 5.32 Å². The smallest absolute Gasteiger partial charge is 0.336 e. The predicted octanol–water partition coefficient (Wildman–Crippen LogP) is 3.50. The Balaban J connectivity index is 1.57. The van der Waals surface area contributed by atoms with E-state index in [0.29, 0.717) is 18.5 Å². The number of hydrogen-bond acceptors (Lipinski definition) is 5. The van der Waals surface area contributed by atoms with Crippen molar-refractivity contribution in [3.8, 4) is 11.1 Å². The Morgan fingerprint density at radius 1 is 0.853 bits per heavy atom. The zero-order chi connectivity index (χ0) is 24.3. The Morgan fingerprint density at radius 3 is 2.18 bits per heavy atom. The van der Waals surface area contributed by atoms with Gasteiger partial charge in [0.1, 0.15) is 0 Å². The molecule has 1 aliphatic heterocycles. The van der Waals surface area contributed by atoms with Gasteiger partial charge in [0.05, 0.1) is 12.5 Å². The highest BCUT2D eigenvalue weighted by molar-refractivity contribution is 6.01. The third-order valence-corrected chi connectivity index (χ3v) is 6.10. The topological polar surface area (TPSA) is 124 Å². The van der Waals surface area contributed by atoms with Gasteiger partial charge in [-0.3, -0.25) is 9.59 Å². The van der Waals surface area contributed by atoms with Gasteiger partial charge in [-0.1, -0.05) is 66.7 Å². The van der Waals surface area contributed by atoms with Gasteiger partial charge in [0, 0.05) is 6.42 Å². The molecule has 7 heteroatoms. The van der Waals surface area contributed by atoms with E-state index >= 15 is 0 Å². The maximum Gasteiger partial charge on any atom is 0.336 e. The molecule has 0 saturated carbocycles. The molecule has 0 saturated heterocycles. The molecule has 0 spiro atoms. The summed E-state index contributed by atoms with van der Waals surface area (Å²) in [5, 5.41) is 34.0. The van der Waals surface area contributed by atoms with E-state index in [1.165, 1.54) is 0 Å². The Kier molecular flexibility index (Phi) is 6.58. The Morgan fingerprint density at radius 2 is 1.50 bits per heavy atom. The van der Waals surface area contributed by atoms with Crippen molar-refractivity contribution >= 4 is 34.1 Å². The van der Waals surface area contributed by atoms with Crippen LogP contribution in [-0.4, -0.2) is 51.2 Å². The highest BCUT2D eigenvalue weighted by atomic mass is 16.4. The number of rotatable bonds is 8. The molecule has 4 N–H and O–H groups in total. The first-order valence-electron chi connectivity index (χ1n) is 11.0. The number of carboxylic acid groups (broad SMARTS) is 2. The van der Waals surface area contributed by atoms with Gasteiger partial charge in [-0.2, -0.15) is 0 Å². The van der Waals surface area contributed by atoms with Gasteiger partial charge in [0.2, 0.25) is 0 Å². The zero-order valence-electron chi connectivity index (χ0n) is 18.4. The predicted molar refractivity (Wildman–Crippen MR) is 128 cm³/mol. The van der Waals surface area contributed by atoms with E-state index in [9.17, 15) is 24.6 Å². The summed E-state index contributed by atoms with van der Waals surface area (Å²) in [5.41, 5.74) is 0.904. The molecule has 0 bridgehead atoms. The summed E-state index contributed by atoms with van der Waals surface area (Å²) < 4.78 is 0. The average molecular weight is 459 g/mol. The van der Waals surface area contributed by atoms with Crippen LogP contribution in [0.4, 0.5) is 0 Å². The monoisotopic (exact) mass is 459 g/mol. The Hall–Kier alpha value is -3.81. The van der Waals surface area contributed by atoms with Crippen LogP contribution in [-0.2, 0) is 14.4 Å². The van der Waals surface area contributed by atoms with Gasteiger partial charge >= 0.3 is 11.9 Å². The summed E-state index contributed by atoms with van der Waals surface area (Å²) >= 11 is 0. The average Bonchev–Trinajstić information content (AvgIpc) is 2.83. The second-order valence-electron chi connectivity index (χ2n) is 8.52. The molecule has 34 heavy (non-hydrogen) atoms. The molecule has 0 aliphatic carbocycles. The van der Waals surface area contributed by atoms with E-state index < -0.39 is 42.2 Å². The first-order chi connectivity index (χ1) is 16.3. The van der Waals surface area contributed by atoms with Crippen molar-refractivity contribution in [3.63, 3.8) is 0 Å². The summed E-state index contributed by atoms with van der Waals surface area (Å²) in [6.07, 6.45) is 0.740. The van der Waals surface area contributed by atoms with Gasteiger partial charge < -0.3 is 20.6 Å². The molecule has 2 unspecified atom stereocenters. The van der Waals surface area contributed by atoms with Gasteiger partial charge in [-0.25, -0.2) is 4.79 Å². The van der Waals surface area contributed by atoms with E-state index in [4.69, 9.17) is 5.11 Å². The molecule has 2 atom stereocenters. The number of carboxylic acids is 2. The number of fused-ring (bicyclic) bond motifs is 1. The van der Waals surface area contributed by atoms with Crippen LogP contribution in [0.5, 0.6) is 0 Å². The van der Waals surface area contributed by atoms with E-state index in [0.717, 1.165) is 27.5 Å². The number of carbonyl (C=O) groups excluding carboxylic acids is 1. The third kappa shape index (κ3) is 4.90. The Labute approximate surface area is 196 Å². The second-order valence-corrected chi connectivity index (χ2v) is 8.52. The molecule has 0 fully saturated rings. The summed E-state index contributed by atoms with van der Waals surface area (Å²) in [5.74, 6) is -3.80. The van der Waals surface area contributed by atoms with Crippen LogP contribution in [0.15, 0.2) is 72.8 Å². The van der Waals surface area contributed by atoms with Crippen molar-refractivity contribution in [1.29, 1.82) is 0 Å². The number of hydrogen-bond donors (Lipinski definition) is 4. The van der Waals surface area contributed by atoms with Crippen LogP contribution in [0, 0.1) is 0 Å². The fourth-order valence-corrected chi connectivity index (χ4v) is 4.33. The van der Waals surface area contributed by atoms with Gasteiger partial charge in [-0.15, -0.1) is 0 Å². The van der Waals surface area contributed by atoms with Gasteiger partial charge in [0.25, 0.3) is 0 Å². The fourth-order valence-electron chi connectivity index (χ4n) is 4.33. The second kappa shape index (κ2) is 9.59. The maximum atomic E-state index is 13.0. The minimum absolute atomic E-state index is 0.513. The van der Waals surface area contributed by atoms with E-state index in [2.05, 4.69) is 35.6 Å². The van der Waals surface area contributed by atoms with Crippen LogP contribution >= 0.6 is 0 Å². The standard InChI is InChI=1S/C27H25NO6/c29-23(15-27(34,26(32)33)16-24(30)31)25-22(6-3-13-28-25)19-10-7-18(8-11-19)21-12-9-17-4-1-2-5-20(17)14-21/h1-2,4-12,14,25,28,34H,3,13,15-16H2,(H,30,31)(H,32,33). The minimum Gasteiger partial charge on any atom is -0.481 e. The lowest BCUT2D eigenvalue weighted by Gasteiger charge is -2.28. The summed E-state index contributed by atoms with van der Waals surface area (Å²) in [4.78, 5) is 35.5. The molecular weight excluding hydrogens is 434 g/mol. The SMILES string of the molecule is O=C(O)CC(O)(CC(=O)C1NCCC=C1c1ccc(-c2ccc3ccccc3c2)cc1)C(=O)O. The summed E-state index contributed by atoms with van der Waals surface area (Å²) in [7, 11) is 0. The Bertz CT molecular complexity index is 1280. The van der Waals surface area contributed by atoms with Crippen molar-refractivity contribution in [2.45, 2.75) is 30.9 Å². The quantitative estimate of drug-likeness (QED) is 0.406. The number of ketones is 1. The van der Waals surface area contributed by atoms with Crippen LogP contribution in [0.3, 0.4) is 0 Å². The molecule has 1 aliphatic rings. The molecule has 0 amide bonds. The molecule has 0 aromatic heterocycles. The molecule has 4 rings (SSSR count). The van der Waals surface area contributed by atoms with E-state index in [1.54, 1.807) is 0 Å². The minimum atomic E-state index is -2.66. The van der Waals surface area contributed by atoms with Crippen molar-refractivity contribution < 1.29 is 29.7 Å². The first-order valence-corrected chi connectivity index (χ1v) is 11.0. The molecule has 0 radical (unpaired) electrons. The lowest BCUT2D eigenvalue weighted by atomic mass is 9.85. The number of aliphatic carboxylic acids is 2. The summed E-state index contributed by atoms with van der Waals surface area (Å²) in [6, 6.07) is 21.3. The third-order valence-electron chi connectivity index (χ3n) is 6.10. The van der Waals surface area contributed by atoms with Gasteiger partial charge in [0.15, 0.2) is 11.4 Å². The lowest BCUT2D eigenvalue weighted by molar-refractivity contribution is -0.167. The van der Waals surface area contributed by atoms with E-state index in [1.807, 2.05) is 42.5 Å². The molecule has 3 aromatic rings. The highest BCUT2D eigenvalue weighted by Crippen LogP contribution is 2.30. The number of benzene rings is 3. The molecule has 174 valence electrons. The van der Waals surface area contributed by atoms with Crippen LogP contribution in [0.2, 0.25) is 0 Å². The number of aliphatic hydroxyl groups is 1. The largest absolute Gasteiger partial charge is 0.481 e. The number of nitrogens with one attached hydrogen (secondary N) is 1. The summed E-state index contributed by atoms with van der Waals surface area (Å²) in [6.45, 7) is 0.513. The van der Waals surface area contributed by atoms with Crippen molar-refractivity contribution in [2.24, 2.45) is 0 Å². The van der Waals surface area contributed by atoms with Crippen molar-refractivity contribution in [3.05, 3.63) is 78.4 Å². The normalized spacial score (nSPS) is 17.6. The van der Waals surface area contributed by atoms with Crippen LogP contribution in [0.1, 0.15) is 24.8 Å². The highest BCUT2D eigenvalue weighted by Gasteiger charge is 2.42. The zero-order valence-corrected chi connectivity index (χ0v) is 18.4. The first kappa shape index (κ1) is 23.4. The molecule has 7 nitrogen and oxygen atoms in total. The lowest BCUT2D eigenvalue weighted by Crippen LogP contribution is -2.48. The molecule has 1 heterocycles. The van der Waals surface area contributed by atoms with Crippen molar-refractivity contribution in [2.75, 3.05) is 6.54 Å². The maximum absolute atomic E-state index is 13.0. The molecular formula is C27H25NO6. The number of carbonyl (C=O) groups is 3. The van der Waals surface area contributed by atoms with Crippen LogP contribution in [0.25, 0.3) is 27.5 Å². The van der Waals surface area contributed by atoms with Crippen LogP contribution < -0.4 is 5.32 Å². The molecule has 3 aromatic carbocycles. The number of Topliss-reactive ketones (excluding diaryl/α,β-unsaturated/α-hetero) is 1. The van der Waals surface area contributed by atoms with Gasteiger partial charge in [-0.05, 0) is 52.1 Å². The fraction of sp³-hybridized carbons (Fsp3) is 0.222.